The SMILES string of the molecule is Cc1ccc(SC=P)cc1. The van der Waals surface area contributed by atoms with Crippen LogP contribution >= 0.6 is 20.6 Å². The molecule has 0 unspecified atom stereocenters. The Morgan fingerprint density at radius 2 is 1.90 bits per heavy atom. The summed E-state index contributed by atoms with van der Waals surface area (Å²) in [5.41, 5.74) is 1.30. The molecule has 0 aliphatic carbocycles. The minimum absolute atomic E-state index is 1.26. The van der Waals surface area contributed by atoms with Crippen molar-refractivity contribution >= 4 is 25.8 Å². The standard InChI is InChI=1S/C8H9PS/c1-7-2-4-8(5-3-7)10-6-9/h2-6,9H,1H3. The molecule has 1 aromatic carbocycles. The van der Waals surface area contributed by atoms with E-state index in [1.807, 2.05) is 5.13 Å². The second-order valence-electron chi connectivity index (χ2n) is 2.05. The molecule has 0 radical (unpaired) electrons. The van der Waals surface area contributed by atoms with E-state index in [0.717, 1.165) is 0 Å². The lowest BCUT2D eigenvalue weighted by Crippen LogP contribution is -1.71. The molecule has 0 nitrogen and oxygen atoms in total. The predicted molar refractivity (Wildman–Crippen MR) is 51.4 cm³/mol. The van der Waals surface area contributed by atoms with Gasteiger partial charge in [-0.05, 0) is 24.2 Å². The predicted octanol–water partition coefficient (Wildman–Crippen LogP) is 2.99. The first kappa shape index (κ1) is 7.84. The summed E-state index contributed by atoms with van der Waals surface area (Å²) >= 11 is 1.67. The molecule has 0 saturated heterocycles. The third-order valence-electron chi connectivity index (χ3n) is 1.22. The summed E-state index contributed by atoms with van der Waals surface area (Å²) in [4.78, 5) is 1.26. The lowest BCUT2D eigenvalue weighted by molar-refractivity contribution is 1.38. The fraction of sp³-hybridized carbons (Fsp3) is 0.125. The molecule has 1 aromatic rings. The number of benzene rings is 1. The number of hydrogen-bond donors (Lipinski definition) is 0. The Kier molecular flexibility index (Phi) is 2.98. The zero-order chi connectivity index (χ0) is 7.40. The number of aryl methyl sites for hydroxylation is 1. The van der Waals surface area contributed by atoms with E-state index in [0.29, 0.717) is 0 Å². The molecule has 0 fully saturated rings. The highest BCUT2D eigenvalue weighted by Gasteiger charge is 1.87. The summed E-state index contributed by atoms with van der Waals surface area (Å²) < 4.78 is 0. The van der Waals surface area contributed by atoms with Gasteiger partial charge < -0.3 is 0 Å². The maximum Gasteiger partial charge on any atom is 0.0119 e. The first-order valence-electron chi connectivity index (χ1n) is 3.05. The molecule has 0 heterocycles. The Morgan fingerprint density at radius 3 is 2.40 bits per heavy atom. The Morgan fingerprint density at radius 1 is 1.30 bits per heavy atom. The summed E-state index contributed by atoms with van der Waals surface area (Å²) in [5.74, 6) is 0. The van der Waals surface area contributed by atoms with Gasteiger partial charge in [0.25, 0.3) is 0 Å². The van der Waals surface area contributed by atoms with E-state index >= 15 is 0 Å². The van der Waals surface area contributed by atoms with Gasteiger partial charge in [-0.3, -0.25) is 0 Å². The maximum absolute atomic E-state index is 3.29. The maximum atomic E-state index is 3.29. The van der Waals surface area contributed by atoms with Gasteiger partial charge in [-0.15, -0.1) is 8.86 Å². The summed E-state index contributed by atoms with van der Waals surface area (Å²) in [6.45, 7) is 2.09. The lowest BCUT2D eigenvalue weighted by Gasteiger charge is -1.94. The van der Waals surface area contributed by atoms with E-state index in [-0.39, 0.29) is 0 Å². The van der Waals surface area contributed by atoms with Crippen LogP contribution in [0.25, 0.3) is 0 Å². The van der Waals surface area contributed by atoms with Gasteiger partial charge >= 0.3 is 0 Å². The first-order chi connectivity index (χ1) is 4.83. The van der Waals surface area contributed by atoms with Crippen LogP contribution in [0, 0.1) is 6.92 Å². The normalized spacial score (nSPS) is 9.30. The molecule has 0 bridgehead atoms. The van der Waals surface area contributed by atoms with Crippen molar-refractivity contribution in [2.24, 2.45) is 0 Å². The Hall–Kier alpha value is -0.260. The van der Waals surface area contributed by atoms with Crippen molar-refractivity contribution in [3.63, 3.8) is 0 Å². The molecule has 0 N–H and O–H groups in total. The van der Waals surface area contributed by atoms with Gasteiger partial charge in [-0.2, -0.15) is 0 Å². The van der Waals surface area contributed by atoms with Gasteiger partial charge in [-0.25, -0.2) is 0 Å². The van der Waals surface area contributed by atoms with Gasteiger partial charge in [0.2, 0.25) is 0 Å². The van der Waals surface area contributed by atoms with Crippen molar-refractivity contribution in [1.82, 2.24) is 0 Å². The summed E-state index contributed by atoms with van der Waals surface area (Å²) in [5, 5.41) is 1.89. The number of rotatable bonds is 2. The van der Waals surface area contributed by atoms with Gasteiger partial charge in [0, 0.05) is 4.90 Å². The van der Waals surface area contributed by atoms with Crippen molar-refractivity contribution in [2.45, 2.75) is 11.8 Å². The van der Waals surface area contributed by atoms with E-state index in [1.54, 1.807) is 11.8 Å². The highest BCUT2D eigenvalue weighted by molar-refractivity contribution is 8.15. The molecule has 0 spiro atoms. The van der Waals surface area contributed by atoms with Crippen LogP contribution in [-0.2, 0) is 0 Å². The quantitative estimate of drug-likeness (QED) is 0.483. The van der Waals surface area contributed by atoms with Gasteiger partial charge in [0.1, 0.15) is 0 Å². The second-order valence-corrected chi connectivity index (χ2v) is 3.70. The smallest absolute Gasteiger partial charge is 0.0119 e. The van der Waals surface area contributed by atoms with E-state index in [9.17, 15) is 0 Å². The van der Waals surface area contributed by atoms with Crippen LogP contribution in [0.3, 0.4) is 0 Å². The molecule has 0 aliphatic rings. The zero-order valence-corrected chi connectivity index (χ0v) is 7.61. The molecule has 0 aliphatic heterocycles. The van der Waals surface area contributed by atoms with Crippen molar-refractivity contribution in [2.75, 3.05) is 0 Å². The topological polar surface area (TPSA) is 0 Å². The van der Waals surface area contributed by atoms with Crippen molar-refractivity contribution in [3.05, 3.63) is 29.8 Å². The van der Waals surface area contributed by atoms with E-state index in [1.165, 1.54) is 10.5 Å². The van der Waals surface area contributed by atoms with Crippen LogP contribution in [-0.4, -0.2) is 5.13 Å². The van der Waals surface area contributed by atoms with E-state index in [2.05, 4.69) is 40.1 Å². The van der Waals surface area contributed by atoms with Gasteiger partial charge in [0.05, 0.1) is 0 Å². The highest BCUT2D eigenvalue weighted by atomic mass is 32.2. The van der Waals surface area contributed by atoms with E-state index in [4.69, 9.17) is 0 Å². The molecule has 0 aromatic heterocycles. The second kappa shape index (κ2) is 3.80. The third-order valence-corrected chi connectivity index (χ3v) is 2.23. The van der Waals surface area contributed by atoms with Crippen molar-refractivity contribution in [3.8, 4) is 0 Å². The van der Waals surface area contributed by atoms with Gasteiger partial charge in [0.15, 0.2) is 0 Å². The largest absolute Gasteiger partial charge is 0.115 e. The first-order valence-corrected chi connectivity index (χ1v) is 4.51. The summed E-state index contributed by atoms with van der Waals surface area (Å²) in [7, 11) is 3.29. The van der Waals surface area contributed by atoms with E-state index < -0.39 is 0 Å². The molecule has 1 rings (SSSR count). The molecule has 52 valence electrons. The lowest BCUT2D eigenvalue weighted by atomic mass is 10.2. The van der Waals surface area contributed by atoms with Crippen LogP contribution in [0.5, 0.6) is 0 Å². The fourth-order valence-corrected chi connectivity index (χ4v) is 1.52. The summed E-state index contributed by atoms with van der Waals surface area (Å²) in [6, 6.07) is 8.43. The highest BCUT2D eigenvalue weighted by Crippen LogP contribution is 2.15. The molecule has 2 heteroatoms. The number of hydrogen-bond acceptors (Lipinski definition) is 1. The molecular formula is C8H9PS. The minimum Gasteiger partial charge on any atom is -0.115 e. The van der Waals surface area contributed by atoms with Crippen LogP contribution in [0.4, 0.5) is 0 Å². The monoisotopic (exact) mass is 168 g/mol. The Balaban J connectivity index is 2.78. The molecule has 10 heavy (non-hydrogen) atoms. The molecule has 0 atom stereocenters. The Labute approximate surface area is 67.9 Å². The van der Waals surface area contributed by atoms with Crippen LogP contribution in [0.2, 0.25) is 0 Å². The van der Waals surface area contributed by atoms with Crippen molar-refractivity contribution in [1.29, 1.82) is 0 Å². The van der Waals surface area contributed by atoms with Crippen LogP contribution in [0.1, 0.15) is 5.56 Å². The molecular weight excluding hydrogens is 159 g/mol. The molecule has 0 saturated carbocycles. The molecule has 0 amide bonds. The minimum atomic E-state index is 1.26. The third kappa shape index (κ3) is 2.17. The van der Waals surface area contributed by atoms with Crippen molar-refractivity contribution < 1.29 is 0 Å². The average molecular weight is 168 g/mol. The summed E-state index contributed by atoms with van der Waals surface area (Å²) in [6.07, 6.45) is 0. The average Bonchev–Trinajstić information content (AvgIpc) is 1.95. The van der Waals surface area contributed by atoms with Crippen LogP contribution < -0.4 is 0 Å². The fourth-order valence-electron chi connectivity index (χ4n) is 0.685. The van der Waals surface area contributed by atoms with Crippen LogP contribution in [0.15, 0.2) is 29.2 Å². The zero-order valence-electron chi connectivity index (χ0n) is 5.79. The van der Waals surface area contributed by atoms with Gasteiger partial charge in [-0.1, -0.05) is 29.5 Å². The Bertz CT molecular complexity index is 215. The number of thioether (sulfide) groups is 1.